The summed E-state index contributed by atoms with van der Waals surface area (Å²) in [6.45, 7) is 7.86. The first kappa shape index (κ1) is 15.5. The Kier molecular flexibility index (Phi) is 4.58. The van der Waals surface area contributed by atoms with Crippen LogP contribution in [0.1, 0.15) is 0 Å². The molecule has 0 unspecified atom stereocenters. The zero-order valence-electron chi connectivity index (χ0n) is 12.5. The Bertz CT molecular complexity index is 636. The van der Waals surface area contributed by atoms with Crippen molar-refractivity contribution in [2.24, 2.45) is 0 Å². The maximum Gasteiger partial charge on any atom is 0.409 e. The number of nitrogens with one attached hydrogen (secondary N) is 1. The van der Waals surface area contributed by atoms with E-state index in [0.717, 1.165) is 11.4 Å². The third-order valence-corrected chi connectivity index (χ3v) is 4.70. The molecule has 2 rings (SSSR count). The second-order valence-corrected chi connectivity index (χ2v) is 11.7. The first-order chi connectivity index (χ1) is 9.87. The van der Waals surface area contributed by atoms with Gasteiger partial charge in [-0.15, -0.1) is 0 Å². The molecule has 0 aliphatic carbocycles. The van der Waals surface area contributed by atoms with Crippen LogP contribution in [0.3, 0.4) is 0 Å². The molecule has 2 heterocycles. The van der Waals surface area contributed by atoms with E-state index in [0.29, 0.717) is 24.5 Å². The molecule has 2 N–H and O–H groups in total. The molecule has 0 aromatic carbocycles. The molecule has 2 aromatic heterocycles. The van der Waals surface area contributed by atoms with Crippen LogP contribution in [0.2, 0.25) is 25.7 Å². The van der Waals surface area contributed by atoms with Crippen LogP contribution in [-0.4, -0.2) is 40.6 Å². The van der Waals surface area contributed by atoms with Gasteiger partial charge in [0, 0.05) is 26.3 Å². The molecule has 0 atom stereocenters. The highest BCUT2D eigenvalue weighted by molar-refractivity contribution is 6.76. The number of hydrogen-bond donors (Lipinski definition) is 2. The van der Waals surface area contributed by atoms with Crippen molar-refractivity contribution in [3.8, 4) is 0 Å². The predicted octanol–water partition coefficient (Wildman–Crippen LogP) is 2.83. The molecule has 8 heteroatoms. The number of aromatic nitrogens is 3. The summed E-state index contributed by atoms with van der Waals surface area (Å²) in [6.07, 6.45) is 3.64. The summed E-state index contributed by atoms with van der Waals surface area (Å²) in [7, 11) is -1.12. The Hall–Kier alpha value is -1.93. The van der Waals surface area contributed by atoms with Crippen LogP contribution in [0, 0.1) is 0 Å². The molecule has 0 aliphatic heterocycles. The van der Waals surface area contributed by atoms with Crippen LogP contribution in [0.5, 0.6) is 0 Å². The Morgan fingerprint density at radius 3 is 2.81 bits per heavy atom. The second-order valence-electron chi connectivity index (χ2n) is 6.05. The Balaban J connectivity index is 2.11. The molecule has 0 saturated heterocycles. The molecule has 0 bridgehead atoms. The highest BCUT2D eigenvalue weighted by Gasteiger charge is 2.13. The number of amides is 1. The molecule has 21 heavy (non-hydrogen) atoms. The van der Waals surface area contributed by atoms with E-state index in [1.807, 2.05) is 0 Å². The van der Waals surface area contributed by atoms with E-state index in [-0.39, 0.29) is 0 Å². The van der Waals surface area contributed by atoms with Gasteiger partial charge in [0.1, 0.15) is 6.73 Å². The molecule has 0 fully saturated rings. The standard InChI is InChI=1S/C13H20N4O3Si/c1-21(2,3)5-4-20-9-17-12-10(7-15-17)6-14-8-11(12)16-13(18)19/h6-8,16H,4-5,9H2,1-3H3,(H,18,19). The SMILES string of the molecule is C[Si](C)(C)CCOCn1ncc2cncc(NC(=O)O)c21. The molecular weight excluding hydrogens is 288 g/mol. The topological polar surface area (TPSA) is 89.3 Å². The largest absolute Gasteiger partial charge is 0.465 e. The monoisotopic (exact) mass is 308 g/mol. The fourth-order valence-corrected chi connectivity index (χ4v) is 2.63. The Morgan fingerprint density at radius 1 is 1.38 bits per heavy atom. The summed E-state index contributed by atoms with van der Waals surface area (Å²) >= 11 is 0. The van der Waals surface area contributed by atoms with Crippen LogP contribution in [0.25, 0.3) is 10.9 Å². The number of fused-ring (bicyclic) bond motifs is 1. The normalized spacial score (nSPS) is 11.8. The Morgan fingerprint density at radius 2 is 2.14 bits per heavy atom. The molecule has 2 aromatic rings. The third-order valence-electron chi connectivity index (χ3n) is 2.99. The van der Waals surface area contributed by atoms with E-state index in [1.165, 1.54) is 6.20 Å². The zero-order valence-corrected chi connectivity index (χ0v) is 13.5. The first-order valence-electron chi connectivity index (χ1n) is 6.74. The fourth-order valence-electron chi connectivity index (χ4n) is 1.88. The van der Waals surface area contributed by atoms with E-state index in [4.69, 9.17) is 9.84 Å². The number of rotatable bonds is 6. The minimum Gasteiger partial charge on any atom is -0.465 e. The van der Waals surface area contributed by atoms with Gasteiger partial charge in [0.15, 0.2) is 0 Å². The average molecular weight is 308 g/mol. The van der Waals surface area contributed by atoms with Gasteiger partial charge in [0.25, 0.3) is 0 Å². The molecule has 7 nitrogen and oxygen atoms in total. The fraction of sp³-hybridized carbons (Fsp3) is 0.462. The maximum absolute atomic E-state index is 10.8. The van der Waals surface area contributed by atoms with Crippen molar-refractivity contribution in [1.82, 2.24) is 14.8 Å². The smallest absolute Gasteiger partial charge is 0.409 e. The number of pyridine rings is 1. The number of anilines is 1. The van der Waals surface area contributed by atoms with Gasteiger partial charge in [-0.05, 0) is 6.04 Å². The van der Waals surface area contributed by atoms with Crippen LogP contribution < -0.4 is 5.32 Å². The van der Waals surface area contributed by atoms with E-state index in [9.17, 15) is 4.79 Å². The number of carboxylic acid groups (broad SMARTS) is 1. The van der Waals surface area contributed by atoms with Crippen molar-refractivity contribution >= 4 is 30.8 Å². The summed E-state index contributed by atoms with van der Waals surface area (Å²) in [5.41, 5.74) is 1.09. The van der Waals surface area contributed by atoms with Gasteiger partial charge in [-0.2, -0.15) is 5.10 Å². The highest BCUT2D eigenvalue weighted by Crippen LogP contribution is 2.22. The molecule has 0 spiro atoms. The van der Waals surface area contributed by atoms with Gasteiger partial charge in [-0.1, -0.05) is 19.6 Å². The second kappa shape index (κ2) is 6.23. The van der Waals surface area contributed by atoms with Crippen molar-refractivity contribution in [3.05, 3.63) is 18.6 Å². The molecular formula is C13H20N4O3Si. The van der Waals surface area contributed by atoms with Gasteiger partial charge >= 0.3 is 6.09 Å². The van der Waals surface area contributed by atoms with E-state index >= 15 is 0 Å². The lowest BCUT2D eigenvalue weighted by atomic mass is 10.3. The lowest BCUT2D eigenvalue weighted by Crippen LogP contribution is -2.22. The lowest BCUT2D eigenvalue weighted by molar-refractivity contribution is 0.0817. The minimum atomic E-state index is -1.13. The quantitative estimate of drug-likeness (QED) is 0.632. The number of carbonyl (C=O) groups is 1. The first-order valence-corrected chi connectivity index (χ1v) is 10.4. The van der Waals surface area contributed by atoms with Crippen LogP contribution in [0.15, 0.2) is 18.6 Å². The number of nitrogens with zero attached hydrogens (tertiary/aromatic N) is 3. The van der Waals surface area contributed by atoms with Gasteiger partial charge in [-0.3, -0.25) is 10.3 Å². The third kappa shape index (κ3) is 4.27. The van der Waals surface area contributed by atoms with Crippen LogP contribution in [0.4, 0.5) is 10.5 Å². The molecule has 114 valence electrons. The molecule has 0 aliphatic rings. The zero-order chi connectivity index (χ0) is 15.5. The van der Waals surface area contributed by atoms with Crippen LogP contribution >= 0.6 is 0 Å². The predicted molar refractivity (Wildman–Crippen MR) is 83.3 cm³/mol. The summed E-state index contributed by atoms with van der Waals surface area (Å²) < 4.78 is 7.31. The van der Waals surface area contributed by atoms with E-state index in [1.54, 1.807) is 17.1 Å². The minimum absolute atomic E-state index is 0.298. The van der Waals surface area contributed by atoms with Crippen molar-refractivity contribution in [1.29, 1.82) is 0 Å². The van der Waals surface area contributed by atoms with Gasteiger partial charge in [0.2, 0.25) is 0 Å². The van der Waals surface area contributed by atoms with Gasteiger partial charge in [0.05, 0.1) is 23.6 Å². The summed E-state index contributed by atoms with van der Waals surface area (Å²) in [5.74, 6) is 0. The van der Waals surface area contributed by atoms with Crippen molar-refractivity contribution in [2.75, 3.05) is 11.9 Å². The van der Waals surface area contributed by atoms with Crippen molar-refractivity contribution < 1.29 is 14.6 Å². The summed E-state index contributed by atoms with van der Waals surface area (Å²) in [4.78, 5) is 14.8. The van der Waals surface area contributed by atoms with Crippen molar-refractivity contribution in [2.45, 2.75) is 32.4 Å². The van der Waals surface area contributed by atoms with E-state index < -0.39 is 14.2 Å². The van der Waals surface area contributed by atoms with Gasteiger partial charge < -0.3 is 9.84 Å². The average Bonchev–Trinajstić information content (AvgIpc) is 2.77. The van der Waals surface area contributed by atoms with Gasteiger partial charge in [-0.25, -0.2) is 9.48 Å². The van der Waals surface area contributed by atoms with E-state index in [2.05, 4.69) is 35.0 Å². The highest BCUT2D eigenvalue weighted by atomic mass is 28.3. The molecule has 1 amide bonds. The lowest BCUT2D eigenvalue weighted by Gasteiger charge is -2.15. The number of hydrogen-bond acceptors (Lipinski definition) is 4. The molecule has 0 radical (unpaired) electrons. The summed E-state index contributed by atoms with van der Waals surface area (Å²) in [5, 5.41) is 16.2. The molecule has 0 saturated carbocycles. The van der Waals surface area contributed by atoms with Crippen molar-refractivity contribution in [3.63, 3.8) is 0 Å². The van der Waals surface area contributed by atoms with Crippen LogP contribution in [-0.2, 0) is 11.5 Å². The Labute approximate surface area is 123 Å². The summed E-state index contributed by atoms with van der Waals surface area (Å²) in [6, 6.07) is 1.08. The number of ether oxygens (including phenoxy) is 1. The maximum atomic E-state index is 10.8.